The zero-order valence-electron chi connectivity index (χ0n) is 13.1. The highest BCUT2D eigenvalue weighted by Gasteiger charge is 2.15. The van der Waals surface area contributed by atoms with Gasteiger partial charge in [0.25, 0.3) is 0 Å². The van der Waals surface area contributed by atoms with E-state index in [1.165, 1.54) is 0 Å². The summed E-state index contributed by atoms with van der Waals surface area (Å²) in [5.41, 5.74) is 0. The van der Waals surface area contributed by atoms with Crippen molar-refractivity contribution >= 4 is 27.7 Å². The van der Waals surface area contributed by atoms with Gasteiger partial charge >= 0.3 is 0 Å². The van der Waals surface area contributed by atoms with Crippen LogP contribution in [0.3, 0.4) is 0 Å². The maximum absolute atomic E-state index is 4.52. The molecule has 2 N–H and O–H groups in total. The Morgan fingerprint density at radius 3 is 2.60 bits per heavy atom. The third-order valence-corrected chi connectivity index (χ3v) is 3.34. The molecule has 114 valence electrons. The fraction of sp³-hybridized carbons (Fsp3) is 0.714. The molecule has 1 heterocycles. The van der Waals surface area contributed by atoms with Crippen LogP contribution in [0.2, 0.25) is 0 Å². The van der Waals surface area contributed by atoms with Gasteiger partial charge < -0.3 is 15.5 Å². The lowest BCUT2D eigenvalue weighted by atomic mass is 10.0. The molecule has 0 saturated carbocycles. The molecule has 1 rings (SSSR count). The number of anilines is 2. The van der Waals surface area contributed by atoms with E-state index in [2.05, 4.69) is 69.4 Å². The molecule has 0 fully saturated rings. The van der Waals surface area contributed by atoms with Gasteiger partial charge in [-0.3, -0.25) is 0 Å². The van der Waals surface area contributed by atoms with E-state index in [1.807, 2.05) is 6.92 Å². The summed E-state index contributed by atoms with van der Waals surface area (Å²) in [5, 5.41) is 6.67. The van der Waals surface area contributed by atoms with Crippen molar-refractivity contribution in [1.82, 2.24) is 14.9 Å². The fourth-order valence-electron chi connectivity index (χ4n) is 2.09. The van der Waals surface area contributed by atoms with E-state index >= 15 is 0 Å². The van der Waals surface area contributed by atoms with Gasteiger partial charge in [0.2, 0.25) is 5.95 Å². The Kier molecular flexibility index (Phi) is 7.23. The van der Waals surface area contributed by atoms with E-state index in [-0.39, 0.29) is 0 Å². The highest BCUT2D eigenvalue weighted by molar-refractivity contribution is 9.10. The molecule has 0 aliphatic heterocycles. The molecule has 0 spiro atoms. The van der Waals surface area contributed by atoms with Crippen LogP contribution >= 0.6 is 15.9 Å². The summed E-state index contributed by atoms with van der Waals surface area (Å²) in [5.74, 6) is 2.15. The molecule has 1 aromatic rings. The normalized spacial score (nSPS) is 12.8. The first-order valence-electron chi connectivity index (χ1n) is 7.10. The van der Waals surface area contributed by atoms with E-state index in [9.17, 15) is 0 Å². The van der Waals surface area contributed by atoms with Crippen LogP contribution in [0.5, 0.6) is 0 Å². The zero-order chi connectivity index (χ0) is 15.1. The first kappa shape index (κ1) is 17.2. The largest absolute Gasteiger partial charge is 0.365 e. The highest BCUT2D eigenvalue weighted by atomic mass is 79.9. The van der Waals surface area contributed by atoms with Crippen molar-refractivity contribution in [3.05, 3.63) is 10.7 Å². The van der Waals surface area contributed by atoms with Crippen LogP contribution < -0.4 is 10.6 Å². The van der Waals surface area contributed by atoms with Crippen molar-refractivity contribution in [3.63, 3.8) is 0 Å². The molecule has 0 bridgehead atoms. The molecular weight excluding hydrogens is 318 g/mol. The molecule has 0 saturated heterocycles. The Morgan fingerprint density at radius 2 is 2.05 bits per heavy atom. The van der Waals surface area contributed by atoms with Gasteiger partial charge in [-0.05, 0) is 49.3 Å². The lowest BCUT2D eigenvalue weighted by Crippen LogP contribution is -2.34. The Labute approximate surface area is 130 Å². The standard InChI is InChI=1S/C14H26BrN5/c1-6-16-14-17-8-12(15)13(19-14)18-11(7-10(2)3)9-20(4)5/h8,10-11H,6-7,9H2,1-5H3,(H2,16,17,18,19). The number of hydrogen-bond acceptors (Lipinski definition) is 5. The molecule has 1 unspecified atom stereocenters. The monoisotopic (exact) mass is 343 g/mol. The third kappa shape index (κ3) is 6.05. The topological polar surface area (TPSA) is 53.1 Å². The quantitative estimate of drug-likeness (QED) is 0.759. The predicted molar refractivity (Wildman–Crippen MR) is 89.3 cm³/mol. The molecule has 1 atom stereocenters. The summed E-state index contributed by atoms with van der Waals surface area (Å²) < 4.78 is 0.895. The summed E-state index contributed by atoms with van der Waals surface area (Å²) >= 11 is 3.51. The molecule has 20 heavy (non-hydrogen) atoms. The maximum atomic E-state index is 4.52. The molecule has 0 amide bonds. The Morgan fingerprint density at radius 1 is 1.35 bits per heavy atom. The second kappa shape index (κ2) is 8.42. The Balaban J connectivity index is 2.82. The first-order chi connectivity index (χ1) is 9.42. The lowest BCUT2D eigenvalue weighted by Gasteiger charge is -2.25. The number of likely N-dealkylation sites (N-methyl/N-ethyl adjacent to an activating group) is 1. The summed E-state index contributed by atoms with van der Waals surface area (Å²) in [6.07, 6.45) is 2.89. The second-order valence-electron chi connectivity index (χ2n) is 5.65. The van der Waals surface area contributed by atoms with Gasteiger partial charge in [0.15, 0.2) is 0 Å². The van der Waals surface area contributed by atoms with Crippen molar-refractivity contribution < 1.29 is 0 Å². The van der Waals surface area contributed by atoms with Crippen molar-refractivity contribution in [2.75, 3.05) is 37.8 Å². The Bertz CT molecular complexity index is 399. The Hall–Kier alpha value is -0.880. The van der Waals surface area contributed by atoms with E-state index in [1.54, 1.807) is 6.20 Å². The molecule has 0 aromatic carbocycles. The van der Waals surface area contributed by atoms with Crippen LogP contribution in [0, 0.1) is 5.92 Å². The minimum Gasteiger partial charge on any atom is -0.365 e. The zero-order valence-corrected chi connectivity index (χ0v) is 14.7. The SMILES string of the molecule is CCNc1ncc(Br)c(NC(CC(C)C)CN(C)C)n1. The van der Waals surface area contributed by atoms with Crippen LogP contribution in [0.15, 0.2) is 10.7 Å². The van der Waals surface area contributed by atoms with Gasteiger partial charge in [-0.1, -0.05) is 13.8 Å². The summed E-state index contributed by atoms with van der Waals surface area (Å²) in [6.45, 7) is 8.30. The van der Waals surface area contributed by atoms with Gasteiger partial charge in [0, 0.05) is 25.3 Å². The molecule has 0 aliphatic carbocycles. The number of halogens is 1. The second-order valence-corrected chi connectivity index (χ2v) is 6.51. The number of rotatable bonds is 8. The number of aromatic nitrogens is 2. The predicted octanol–water partition coefficient (Wildman–Crippen LogP) is 3.06. The van der Waals surface area contributed by atoms with Gasteiger partial charge in [0.1, 0.15) is 5.82 Å². The van der Waals surface area contributed by atoms with Crippen LogP contribution in [-0.2, 0) is 0 Å². The van der Waals surface area contributed by atoms with E-state index in [4.69, 9.17) is 0 Å². The van der Waals surface area contributed by atoms with Gasteiger partial charge in [-0.15, -0.1) is 0 Å². The van der Waals surface area contributed by atoms with Crippen molar-refractivity contribution in [2.45, 2.75) is 33.2 Å². The minimum absolute atomic E-state index is 0.366. The highest BCUT2D eigenvalue weighted by Crippen LogP contribution is 2.22. The average Bonchev–Trinajstić information content (AvgIpc) is 2.32. The summed E-state index contributed by atoms with van der Waals surface area (Å²) in [4.78, 5) is 11.0. The van der Waals surface area contributed by atoms with Crippen LogP contribution in [-0.4, -0.2) is 48.1 Å². The number of nitrogens with zero attached hydrogens (tertiary/aromatic N) is 3. The number of nitrogens with one attached hydrogen (secondary N) is 2. The molecule has 0 aliphatic rings. The van der Waals surface area contributed by atoms with E-state index in [0.717, 1.165) is 29.8 Å². The lowest BCUT2D eigenvalue weighted by molar-refractivity contribution is 0.356. The van der Waals surface area contributed by atoms with Gasteiger partial charge in [-0.25, -0.2) is 4.98 Å². The average molecular weight is 344 g/mol. The van der Waals surface area contributed by atoms with Crippen molar-refractivity contribution in [2.24, 2.45) is 5.92 Å². The fourth-order valence-corrected chi connectivity index (χ4v) is 2.40. The van der Waals surface area contributed by atoms with Crippen molar-refractivity contribution in [1.29, 1.82) is 0 Å². The molecule has 5 nitrogen and oxygen atoms in total. The first-order valence-corrected chi connectivity index (χ1v) is 7.89. The van der Waals surface area contributed by atoms with Gasteiger partial charge in [-0.2, -0.15) is 4.98 Å². The third-order valence-electron chi connectivity index (χ3n) is 2.76. The van der Waals surface area contributed by atoms with Crippen molar-refractivity contribution in [3.8, 4) is 0 Å². The smallest absolute Gasteiger partial charge is 0.224 e. The molecular formula is C14H26BrN5. The maximum Gasteiger partial charge on any atom is 0.224 e. The minimum atomic E-state index is 0.366. The van der Waals surface area contributed by atoms with Crippen LogP contribution in [0.4, 0.5) is 11.8 Å². The van der Waals surface area contributed by atoms with E-state index < -0.39 is 0 Å². The number of hydrogen-bond donors (Lipinski definition) is 2. The summed E-state index contributed by atoms with van der Waals surface area (Å²) in [6, 6.07) is 0.366. The van der Waals surface area contributed by atoms with Crippen LogP contribution in [0.25, 0.3) is 0 Å². The van der Waals surface area contributed by atoms with E-state index in [0.29, 0.717) is 17.9 Å². The molecule has 6 heteroatoms. The summed E-state index contributed by atoms with van der Waals surface area (Å²) in [7, 11) is 4.18. The van der Waals surface area contributed by atoms with Gasteiger partial charge in [0.05, 0.1) is 4.47 Å². The molecule has 0 radical (unpaired) electrons. The molecule has 1 aromatic heterocycles. The van der Waals surface area contributed by atoms with Crippen LogP contribution in [0.1, 0.15) is 27.2 Å².